The zero-order chi connectivity index (χ0) is 21.8. The average Bonchev–Trinajstić information content (AvgIpc) is 3.25. The molecule has 30 heavy (non-hydrogen) atoms. The molecule has 0 spiro atoms. The van der Waals surface area contributed by atoms with Crippen LogP contribution in [0.5, 0.6) is 0 Å². The van der Waals surface area contributed by atoms with E-state index in [1.165, 1.54) is 0 Å². The number of nitrogens with one attached hydrogen (secondary N) is 1. The molecule has 1 N–H and O–H groups in total. The number of hydrogen-bond donors (Lipinski definition) is 1. The molecule has 0 aliphatic heterocycles. The standard InChI is InChI=1S/C24H32N2O3S/c1-19-12-13-22(18-20(19)2)30(28,29)24(14-7-8-15-24)23(27)25-16-9-17-26(3)21-10-5-4-6-11-21/h4-6,10-13,18H,7-9,14-17H2,1-3H3,(H,25,27). The van der Waals surface area contributed by atoms with Gasteiger partial charge in [0.15, 0.2) is 14.6 Å². The lowest BCUT2D eigenvalue weighted by Gasteiger charge is -2.28. The summed E-state index contributed by atoms with van der Waals surface area (Å²) in [6.45, 7) is 5.09. The van der Waals surface area contributed by atoms with Crippen LogP contribution in [-0.4, -0.2) is 39.2 Å². The zero-order valence-electron chi connectivity index (χ0n) is 18.1. The molecule has 2 aromatic rings. The van der Waals surface area contributed by atoms with E-state index in [0.29, 0.717) is 19.4 Å². The van der Waals surface area contributed by atoms with Crippen LogP contribution in [0.1, 0.15) is 43.2 Å². The summed E-state index contributed by atoms with van der Waals surface area (Å²) in [4.78, 5) is 15.5. The van der Waals surface area contributed by atoms with Crippen LogP contribution in [0.25, 0.3) is 0 Å². The molecule has 0 atom stereocenters. The Balaban J connectivity index is 1.67. The summed E-state index contributed by atoms with van der Waals surface area (Å²) in [7, 11) is -1.74. The van der Waals surface area contributed by atoms with Gasteiger partial charge in [0.05, 0.1) is 4.90 Å². The first-order chi connectivity index (χ1) is 14.3. The van der Waals surface area contributed by atoms with Gasteiger partial charge in [-0.3, -0.25) is 4.79 Å². The minimum atomic E-state index is -3.76. The van der Waals surface area contributed by atoms with Gasteiger partial charge in [-0.15, -0.1) is 0 Å². The van der Waals surface area contributed by atoms with Crippen LogP contribution in [0.15, 0.2) is 53.4 Å². The lowest BCUT2D eigenvalue weighted by atomic mass is 10.1. The molecule has 1 amide bonds. The van der Waals surface area contributed by atoms with Gasteiger partial charge >= 0.3 is 0 Å². The quantitative estimate of drug-likeness (QED) is 0.645. The third-order valence-corrected chi connectivity index (χ3v) is 8.78. The Labute approximate surface area is 180 Å². The maximum atomic E-state index is 13.5. The number of hydrogen-bond acceptors (Lipinski definition) is 4. The van der Waals surface area contributed by atoms with E-state index in [-0.39, 0.29) is 10.8 Å². The van der Waals surface area contributed by atoms with E-state index in [1.54, 1.807) is 12.1 Å². The predicted molar refractivity (Wildman–Crippen MR) is 122 cm³/mol. The lowest BCUT2D eigenvalue weighted by molar-refractivity contribution is -0.123. The van der Waals surface area contributed by atoms with E-state index in [2.05, 4.69) is 10.2 Å². The Morgan fingerprint density at radius 3 is 2.33 bits per heavy atom. The van der Waals surface area contributed by atoms with E-state index >= 15 is 0 Å². The van der Waals surface area contributed by atoms with Gasteiger partial charge in [0.2, 0.25) is 5.91 Å². The maximum Gasteiger partial charge on any atom is 0.241 e. The molecule has 1 saturated carbocycles. The first kappa shape index (κ1) is 22.3. The second-order valence-corrected chi connectivity index (χ2v) is 10.6. The zero-order valence-corrected chi connectivity index (χ0v) is 19.0. The molecule has 1 aliphatic rings. The Hall–Kier alpha value is -2.34. The van der Waals surface area contributed by atoms with E-state index in [0.717, 1.165) is 42.6 Å². The highest BCUT2D eigenvalue weighted by molar-refractivity contribution is 7.93. The fourth-order valence-corrected chi connectivity index (χ4v) is 6.33. The fraction of sp³-hybridized carbons (Fsp3) is 0.458. The largest absolute Gasteiger partial charge is 0.375 e. The minimum absolute atomic E-state index is 0.256. The normalized spacial score (nSPS) is 15.7. The second kappa shape index (κ2) is 9.21. The summed E-state index contributed by atoms with van der Waals surface area (Å²) < 4.78 is 25.7. The number of rotatable bonds is 8. The molecule has 1 fully saturated rings. The summed E-state index contributed by atoms with van der Waals surface area (Å²) >= 11 is 0. The van der Waals surface area contributed by atoms with Crippen molar-refractivity contribution >= 4 is 21.4 Å². The first-order valence-corrected chi connectivity index (χ1v) is 12.1. The number of para-hydroxylation sites is 1. The Kier molecular flexibility index (Phi) is 6.86. The monoisotopic (exact) mass is 428 g/mol. The highest BCUT2D eigenvalue weighted by atomic mass is 32.2. The van der Waals surface area contributed by atoms with Crippen molar-refractivity contribution in [2.24, 2.45) is 0 Å². The van der Waals surface area contributed by atoms with Crippen molar-refractivity contribution in [2.75, 3.05) is 25.0 Å². The summed E-state index contributed by atoms with van der Waals surface area (Å²) in [5, 5.41) is 2.93. The molecule has 3 rings (SSSR count). The first-order valence-electron chi connectivity index (χ1n) is 10.6. The third kappa shape index (κ3) is 4.38. The molecule has 6 heteroatoms. The van der Waals surface area contributed by atoms with Crippen LogP contribution < -0.4 is 10.2 Å². The molecular weight excluding hydrogens is 396 g/mol. The Bertz CT molecular complexity index is 981. The summed E-state index contributed by atoms with van der Waals surface area (Å²) in [5.41, 5.74) is 3.09. The minimum Gasteiger partial charge on any atom is -0.375 e. The van der Waals surface area contributed by atoms with Gasteiger partial charge in [0.1, 0.15) is 0 Å². The van der Waals surface area contributed by atoms with Gasteiger partial charge in [-0.25, -0.2) is 8.42 Å². The molecular formula is C24H32N2O3S. The molecule has 0 unspecified atom stereocenters. The van der Waals surface area contributed by atoms with Crippen LogP contribution in [0.4, 0.5) is 5.69 Å². The van der Waals surface area contributed by atoms with Crippen LogP contribution >= 0.6 is 0 Å². The van der Waals surface area contributed by atoms with E-state index in [4.69, 9.17) is 0 Å². The number of amides is 1. The van der Waals surface area contributed by atoms with Crippen molar-refractivity contribution in [3.8, 4) is 0 Å². The SMILES string of the molecule is Cc1ccc(S(=O)(=O)C2(C(=O)NCCCN(C)c3ccccc3)CCCC2)cc1C. The molecule has 0 heterocycles. The highest BCUT2D eigenvalue weighted by Crippen LogP contribution is 2.41. The molecule has 0 radical (unpaired) electrons. The van der Waals surface area contributed by atoms with Crippen molar-refractivity contribution in [1.82, 2.24) is 5.32 Å². The smallest absolute Gasteiger partial charge is 0.241 e. The number of nitrogens with zero attached hydrogens (tertiary/aromatic N) is 1. The van der Waals surface area contributed by atoms with Crippen molar-refractivity contribution < 1.29 is 13.2 Å². The predicted octanol–water partition coefficient (Wildman–Crippen LogP) is 4.03. The summed E-state index contributed by atoms with van der Waals surface area (Å²) in [5.74, 6) is -0.347. The molecule has 0 aromatic heterocycles. The molecule has 0 saturated heterocycles. The highest BCUT2D eigenvalue weighted by Gasteiger charge is 2.52. The van der Waals surface area contributed by atoms with Crippen molar-refractivity contribution in [3.63, 3.8) is 0 Å². The van der Waals surface area contributed by atoms with Gasteiger partial charge in [-0.2, -0.15) is 0 Å². The molecule has 1 aliphatic carbocycles. The average molecular weight is 429 g/mol. The van der Waals surface area contributed by atoms with Crippen molar-refractivity contribution in [2.45, 2.75) is 55.6 Å². The molecule has 0 bridgehead atoms. The number of carbonyl (C=O) groups excluding carboxylic acids is 1. The second-order valence-electron chi connectivity index (χ2n) is 8.32. The van der Waals surface area contributed by atoms with Crippen molar-refractivity contribution in [3.05, 3.63) is 59.7 Å². The van der Waals surface area contributed by atoms with Gasteiger partial charge in [-0.1, -0.05) is 37.1 Å². The number of anilines is 1. The summed E-state index contributed by atoms with van der Waals surface area (Å²) in [6.07, 6.45) is 3.04. The van der Waals surface area contributed by atoms with E-state index in [9.17, 15) is 13.2 Å². The molecule has 5 nitrogen and oxygen atoms in total. The summed E-state index contributed by atoms with van der Waals surface area (Å²) in [6, 6.07) is 15.2. The maximum absolute atomic E-state index is 13.5. The van der Waals surface area contributed by atoms with Crippen LogP contribution in [0.3, 0.4) is 0 Å². The molecule has 162 valence electrons. The van der Waals surface area contributed by atoms with Gasteiger partial charge < -0.3 is 10.2 Å². The Morgan fingerprint density at radius 2 is 1.70 bits per heavy atom. The number of carbonyl (C=O) groups is 1. The molecule has 2 aromatic carbocycles. The van der Waals surface area contributed by atoms with Crippen LogP contribution in [-0.2, 0) is 14.6 Å². The van der Waals surface area contributed by atoms with Crippen LogP contribution in [0, 0.1) is 13.8 Å². The van der Waals surface area contributed by atoms with Gasteiger partial charge in [-0.05, 0) is 68.5 Å². The lowest BCUT2D eigenvalue weighted by Crippen LogP contribution is -2.51. The number of aryl methyl sites for hydroxylation is 2. The topological polar surface area (TPSA) is 66.5 Å². The Morgan fingerprint density at radius 1 is 1.03 bits per heavy atom. The van der Waals surface area contributed by atoms with Crippen molar-refractivity contribution in [1.29, 1.82) is 0 Å². The number of benzene rings is 2. The fourth-order valence-electron chi connectivity index (χ4n) is 4.16. The third-order valence-electron chi connectivity index (χ3n) is 6.28. The van der Waals surface area contributed by atoms with Crippen LogP contribution in [0.2, 0.25) is 0 Å². The van der Waals surface area contributed by atoms with Gasteiger partial charge in [0, 0.05) is 25.8 Å². The van der Waals surface area contributed by atoms with E-state index in [1.807, 2.05) is 57.3 Å². The van der Waals surface area contributed by atoms with Gasteiger partial charge in [0.25, 0.3) is 0 Å². The number of sulfone groups is 1. The van der Waals surface area contributed by atoms with E-state index < -0.39 is 14.6 Å².